The summed E-state index contributed by atoms with van der Waals surface area (Å²) >= 11 is 0. The molecule has 9 heteroatoms. The summed E-state index contributed by atoms with van der Waals surface area (Å²) < 4.78 is 32.4. The van der Waals surface area contributed by atoms with Crippen LogP contribution in [0.3, 0.4) is 0 Å². The number of aryl methyl sites for hydroxylation is 1. The summed E-state index contributed by atoms with van der Waals surface area (Å²) in [7, 11) is -4.05. The van der Waals surface area contributed by atoms with Crippen molar-refractivity contribution in [1.29, 1.82) is 0 Å². The van der Waals surface area contributed by atoms with Crippen LogP contribution in [0.1, 0.15) is 29.3 Å². The molecule has 3 rings (SSSR count). The fourth-order valence-corrected chi connectivity index (χ4v) is 4.99. The van der Waals surface area contributed by atoms with Crippen molar-refractivity contribution in [1.82, 2.24) is 4.31 Å². The zero-order valence-electron chi connectivity index (χ0n) is 17.9. The molecule has 168 valence electrons. The Labute approximate surface area is 187 Å². The van der Waals surface area contributed by atoms with Gasteiger partial charge in [0.15, 0.2) is 0 Å². The second-order valence-corrected chi connectivity index (χ2v) is 9.12. The Morgan fingerprint density at radius 1 is 1.16 bits per heavy atom. The normalized spacial score (nSPS) is 16.5. The molecule has 0 radical (unpaired) electrons. The average molecular weight is 457 g/mol. The van der Waals surface area contributed by atoms with E-state index >= 15 is 0 Å². The lowest BCUT2D eigenvalue weighted by Crippen LogP contribution is -2.45. The first-order valence-electron chi connectivity index (χ1n) is 10.0. The fourth-order valence-electron chi connectivity index (χ4n) is 3.44. The van der Waals surface area contributed by atoms with Crippen LogP contribution in [0.15, 0.2) is 66.1 Å². The summed E-state index contributed by atoms with van der Waals surface area (Å²) in [5, 5.41) is 0. The average Bonchev–Trinajstić information content (AvgIpc) is 3.06. The monoisotopic (exact) mass is 456 g/mol. The third-order valence-electron chi connectivity index (χ3n) is 5.04. The molecule has 1 fully saturated rings. The van der Waals surface area contributed by atoms with E-state index in [0.717, 1.165) is 14.8 Å². The predicted octanol–water partition coefficient (Wildman–Crippen LogP) is 2.68. The Morgan fingerprint density at radius 2 is 1.78 bits per heavy atom. The van der Waals surface area contributed by atoms with E-state index in [-0.39, 0.29) is 35.7 Å². The number of hydrogen-bond donors (Lipinski definition) is 0. The van der Waals surface area contributed by atoms with Crippen LogP contribution in [-0.2, 0) is 24.3 Å². The van der Waals surface area contributed by atoms with Gasteiger partial charge in [-0.2, -0.15) is 4.31 Å². The third kappa shape index (κ3) is 4.49. The van der Waals surface area contributed by atoms with Gasteiger partial charge in [0.2, 0.25) is 15.9 Å². The minimum atomic E-state index is -4.05. The second kappa shape index (κ2) is 9.46. The van der Waals surface area contributed by atoms with Crippen molar-refractivity contribution in [3.8, 4) is 0 Å². The molecule has 2 aromatic carbocycles. The summed E-state index contributed by atoms with van der Waals surface area (Å²) in [6, 6.07) is 10.9. The first kappa shape index (κ1) is 23.4. The van der Waals surface area contributed by atoms with Crippen molar-refractivity contribution in [2.75, 3.05) is 18.1 Å². The second-order valence-electron chi connectivity index (χ2n) is 7.23. The van der Waals surface area contributed by atoms with Crippen LogP contribution in [-0.4, -0.2) is 49.7 Å². The van der Waals surface area contributed by atoms with E-state index in [4.69, 9.17) is 4.74 Å². The molecule has 2 aromatic rings. The minimum Gasteiger partial charge on any atom is -0.462 e. The van der Waals surface area contributed by atoms with Gasteiger partial charge in [0.1, 0.15) is 6.04 Å². The van der Waals surface area contributed by atoms with Gasteiger partial charge >= 0.3 is 5.97 Å². The highest BCUT2D eigenvalue weighted by molar-refractivity contribution is 7.89. The fraction of sp³-hybridized carbons (Fsp3) is 0.261. The first-order valence-corrected chi connectivity index (χ1v) is 11.5. The standard InChI is InChI=1S/C23H24N2O6S/c1-4-14-24(32(29,30)19-12-6-16(3)7-13-19)20-15-21(26)25(22(20)27)18-10-8-17(9-11-18)23(28)31-5-2/h4,6-13,20H,1,5,14-15H2,2-3H3. The van der Waals surface area contributed by atoms with Gasteiger partial charge in [-0.3, -0.25) is 9.59 Å². The van der Waals surface area contributed by atoms with E-state index in [1.807, 2.05) is 6.92 Å². The van der Waals surface area contributed by atoms with Gasteiger partial charge in [-0.05, 0) is 50.2 Å². The zero-order chi connectivity index (χ0) is 23.5. The number of amides is 2. The molecule has 2 amide bonds. The molecule has 1 atom stereocenters. The summed E-state index contributed by atoms with van der Waals surface area (Å²) in [5.74, 6) is -1.70. The Hall–Kier alpha value is -3.30. The lowest BCUT2D eigenvalue weighted by molar-refractivity contribution is -0.122. The van der Waals surface area contributed by atoms with E-state index in [9.17, 15) is 22.8 Å². The molecule has 1 heterocycles. The maximum absolute atomic E-state index is 13.2. The summed E-state index contributed by atoms with van der Waals surface area (Å²) in [5.41, 5.74) is 1.42. The van der Waals surface area contributed by atoms with Gasteiger partial charge in [0, 0.05) is 6.54 Å². The smallest absolute Gasteiger partial charge is 0.338 e. The van der Waals surface area contributed by atoms with Crippen molar-refractivity contribution < 1.29 is 27.5 Å². The summed E-state index contributed by atoms with van der Waals surface area (Å²) in [4.78, 5) is 38.7. The zero-order valence-corrected chi connectivity index (χ0v) is 18.7. The van der Waals surface area contributed by atoms with Crippen molar-refractivity contribution in [3.63, 3.8) is 0 Å². The van der Waals surface area contributed by atoms with Gasteiger partial charge in [-0.15, -0.1) is 6.58 Å². The molecular formula is C23H24N2O6S. The SMILES string of the molecule is C=CCN(C1CC(=O)N(c2ccc(C(=O)OCC)cc2)C1=O)S(=O)(=O)c1ccc(C)cc1. The number of sulfonamides is 1. The van der Waals surface area contributed by atoms with Gasteiger partial charge in [0.25, 0.3) is 5.91 Å². The quantitative estimate of drug-likeness (QED) is 0.344. The maximum atomic E-state index is 13.2. The molecule has 0 aromatic heterocycles. The molecule has 0 saturated carbocycles. The maximum Gasteiger partial charge on any atom is 0.338 e. The molecule has 8 nitrogen and oxygen atoms in total. The Morgan fingerprint density at radius 3 is 2.34 bits per heavy atom. The Bertz CT molecular complexity index is 1140. The van der Waals surface area contributed by atoms with Crippen LogP contribution >= 0.6 is 0 Å². The molecule has 0 bridgehead atoms. The van der Waals surface area contributed by atoms with E-state index in [1.165, 1.54) is 42.5 Å². The van der Waals surface area contributed by atoms with Gasteiger partial charge in [0.05, 0.1) is 29.2 Å². The molecule has 0 aliphatic carbocycles. The molecule has 32 heavy (non-hydrogen) atoms. The van der Waals surface area contributed by atoms with E-state index in [2.05, 4.69) is 6.58 Å². The van der Waals surface area contributed by atoms with Gasteiger partial charge in [-0.25, -0.2) is 18.1 Å². The molecule has 0 N–H and O–H groups in total. The van der Waals surface area contributed by atoms with E-state index in [0.29, 0.717) is 0 Å². The van der Waals surface area contributed by atoms with Crippen LogP contribution in [0, 0.1) is 6.92 Å². The number of nitrogens with zero attached hydrogens (tertiary/aromatic N) is 2. The van der Waals surface area contributed by atoms with Crippen molar-refractivity contribution in [2.24, 2.45) is 0 Å². The Kier molecular flexibility index (Phi) is 6.90. The highest BCUT2D eigenvalue weighted by atomic mass is 32.2. The number of benzene rings is 2. The molecule has 1 unspecified atom stereocenters. The molecular weight excluding hydrogens is 432 g/mol. The van der Waals surface area contributed by atoms with Crippen molar-refractivity contribution in [2.45, 2.75) is 31.2 Å². The van der Waals surface area contributed by atoms with Crippen LogP contribution in [0.25, 0.3) is 0 Å². The highest BCUT2D eigenvalue weighted by Crippen LogP contribution is 2.29. The Balaban J connectivity index is 1.91. The third-order valence-corrected chi connectivity index (χ3v) is 6.93. The number of rotatable bonds is 8. The topological polar surface area (TPSA) is 101 Å². The van der Waals surface area contributed by atoms with Crippen LogP contribution in [0.4, 0.5) is 5.69 Å². The number of hydrogen-bond acceptors (Lipinski definition) is 6. The number of ether oxygens (including phenoxy) is 1. The number of imide groups is 1. The predicted molar refractivity (Wildman–Crippen MR) is 119 cm³/mol. The van der Waals surface area contributed by atoms with Crippen LogP contribution in [0.5, 0.6) is 0 Å². The molecule has 1 aliphatic heterocycles. The van der Waals surface area contributed by atoms with Gasteiger partial charge in [-0.1, -0.05) is 23.8 Å². The largest absolute Gasteiger partial charge is 0.462 e. The van der Waals surface area contributed by atoms with E-state index < -0.39 is 33.8 Å². The van der Waals surface area contributed by atoms with Crippen molar-refractivity contribution >= 4 is 33.5 Å². The molecule has 0 spiro atoms. The number of anilines is 1. The van der Waals surface area contributed by atoms with E-state index in [1.54, 1.807) is 19.1 Å². The minimum absolute atomic E-state index is 0.0300. The van der Waals surface area contributed by atoms with Gasteiger partial charge < -0.3 is 4.74 Å². The molecule has 1 aliphatic rings. The summed E-state index contributed by atoms with van der Waals surface area (Å²) in [6.07, 6.45) is 1.08. The lowest BCUT2D eigenvalue weighted by Gasteiger charge is -2.25. The summed E-state index contributed by atoms with van der Waals surface area (Å²) in [6.45, 7) is 7.21. The highest BCUT2D eigenvalue weighted by Gasteiger charge is 2.46. The molecule has 1 saturated heterocycles. The number of esters is 1. The van der Waals surface area contributed by atoms with Crippen LogP contribution in [0.2, 0.25) is 0 Å². The number of carbonyl (C=O) groups is 3. The van der Waals surface area contributed by atoms with Crippen molar-refractivity contribution in [3.05, 3.63) is 72.3 Å². The van der Waals surface area contributed by atoms with Crippen LogP contribution < -0.4 is 4.90 Å². The first-order chi connectivity index (χ1) is 15.2. The number of carbonyl (C=O) groups excluding carboxylic acids is 3. The lowest BCUT2D eigenvalue weighted by atomic mass is 10.2.